The van der Waals surface area contributed by atoms with Gasteiger partial charge in [-0.1, -0.05) is 6.92 Å². The summed E-state index contributed by atoms with van der Waals surface area (Å²) in [6, 6.07) is -0.401. The van der Waals surface area contributed by atoms with E-state index >= 15 is 0 Å². The number of carbonyl (C=O) groups excluding carboxylic acids is 1. The van der Waals surface area contributed by atoms with Gasteiger partial charge in [-0.2, -0.15) is 4.98 Å². The Hall–Kier alpha value is -1.37. The molecule has 100 valence electrons. The lowest BCUT2D eigenvalue weighted by molar-refractivity contribution is -0.121. The molecule has 0 aromatic carbocycles. The third kappa shape index (κ3) is 4.14. The standard InChI is InChI=1S/C11H17BrN4O2/c1-4-5-13-9(17)7(2)15-11-14-6-8(12)10(16-11)18-3/h6-7H,4-5H2,1-3H3,(H,13,17)(H,14,15,16). The smallest absolute Gasteiger partial charge is 0.242 e. The van der Waals surface area contributed by atoms with Gasteiger partial charge in [-0.15, -0.1) is 0 Å². The molecule has 1 atom stereocenters. The minimum Gasteiger partial charge on any atom is -0.480 e. The molecule has 1 rings (SSSR count). The minimum atomic E-state index is -0.401. The van der Waals surface area contributed by atoms with Crippen LogP contribution in [0.3, 0.4) is 0 Å². The van der Waals surface area contributed by atoms with Gasteiger partial charge in [-0.3, -0.25) is 4.79 Å². The molecular weight excluding hydrogens is 300 g/mol. The summed E-state index contributed by atoms with van der Waals surface area (Å²) in [5.41, 5.74) is 0. The van der Waals surface area contributed by atoms with Crippen LogP contribution in [0.1, 0.15) is 20.3 Å². The number of hydrogen-bond acceptors (Lipinski definition) is 5. The molecule has 0 aliphatic rings. The second-order valence-electron chi connectivity index (χ2n) is 3.71. The van der Waals surface area contributed by atoms with Crippen molar-refractivity contribution in [2.24, 2.45) is 0 Å². The maximum atomic E-state index is 11.7. The van der Waals surface area contributed by atoms with E-state index in [9.17, 15) is 4.79 Å². The molecule has 7 heteroatoms. The quantitative estimate of drug-likeness (QED) is 0.833. The first-order valence-corrected chi connectivity index (χ1v) is 6.48. The number of hydrogen-bond donors (Lipinski definition) is 2. The van der Waals surface area contributed by atoms with Gasteiger partial charge in [-0.05, 0) is 29.3 Å². The van der Waals surface area contributed by atoms with E-state index in [0.717, 1.165) is 6.42 Å². The predicted octanol–water partition coefficient (Wildman–Crippen LogP) is 1.57. The molecule has 1 aromatic rings. The number of anilines is 1. The molecule has 0 radical (unpaired) electrons. The average molecular weight is 317 g/mol. The van der Waals surface area contributed by atoms with Crippen molar-refractivity contribution in [3.05, 3.63) is 10.7 Å². The number of rotatable bonds is 6. The molecule has 1 amide bonds. The van der Waals surface area contributed by atoms with Crippen molar-refractivity contribution in [3.63, 3.8) is 0 Å². The number of methoxy groups -OCH3 is 1. The third-order valence-corrected chi connectivity index (χ3v) is 2.74. The zero-order valence-corrected chi connectivity index (χ0v) is 12.2. The van der Waals surface area contributed by atoms with E-state index < -0.39 is 6.04 Å². The van der Waals surface area contributed by atoms with E-state index in [1.54, 1.807) is 13.1 Å². The Morgan fingerprint density at radius 3 is 2.94 bits per heavy atom. The second-order valence-corrected chi connectivity index (χ2v) is 4.56. The molecule has 2 N–H and O–H groups in total. The first kappa shape index (κ1) is 14.7. The van der Waals surface area contributed by atoms with Crippen LogP contribution in [0, 0.1) is 0 Å². The number of ether oxygens (including phenoxy) is 1. The number of nitrogens with one attached hydrogen (secondary N) is 2. The Morgan fingerprint density at radius 2 is 2.33 bits per heavy atom. The topological polar surface area (TPSA) is 76.1 Å². The van der Waals surface area contributed by atoms with Crippen molar-refractivity contribution in [3.8, 4) is 5.88 Å². The van der Waals surface area contributed by atoms with Crippen molar-refractivity contribution in [2.45, 2.75) is 26.3 Å². The van der Waals surface area contributed by atoms with Gasteiger partial charge in [0, 0.05) is 6.54 Å². The maximum Gasteiger partial charge on any atom is 0.242 e. The highest BCUT2D eigenvalue weighted by molar-refractivity contribution is 9.10. The van der Waals surface area contributed by atoms with E-state index in [1.165, 1.54) is 7.11 Å². The SMILES string of the molecule is CCCNC(=O)C(C)Nc1ncc(Br)c(OC)n1. The minimum absolute atomic E-state index is 0.0812. The van der Waals surface area contributed by atoms with E-state index in [1.807, 2.05) is 6.92 Å². The Bertz CT molecular complexity index is 414. The van der Waals surface area contributed by atoms with Crippen LogP contribution in [0.15, 0.2) is 10.7 Å². The van der Waals surface area contributed by atoms with E-state index in [2.05, 4.69) is 36.5 Å². The summed E-state index contributed by atoms with van der Waals surface area (Å²) in [5, 5.41) is 5.71. The summed E-state index contributed by atoms with van der Waals surface area (Å²) in [6.07, 6.45) is 2.48. The highest BCUT2D eigenvalue weighted by Crippen LogP contribution is 2.21. The molecule has 0 fully saturated rings. The van der Waals surface area contributed by atoms with Gasteiger partial charge in [0.15, 0.2) is 0 Å². The van der Waals surface area contributed by atoms with E-state index in [-0.39, 0.29) is 5.91 Å². The highest BCUT2D eigenvalue weighted by Gasteiger charge is 2.14. The lowest BCUT2D eigenvalue weighted by Crippen LogP contribution is -2.38. The number of halogens is 1. The molecule has 0 aliphatic carbocycles. The summed E-state index contributed by atoms with van der Waals surface area (Å²) in [6.45, 7) is 4.42. The zero-order valence-electron chi connectivity index (χ0n) is 10.7. The predicted molar refractivity (Wildman–Crippen MR) is 72.7 cm³/mol. The molecule has 0 saturated heterocycles. The average Bonchev–Trinajstić information content (AvgIpc) is 2.37. The van der Waals surface area contributed by atoms with Crippen LogP contribution >= 0.6 is 15.9 Å². The first-order valence-electron chi connectivity index (χ1n) is 5.69. The molecular formula is C11H17BrN4O2. The van der Waals surface area contributed by atoms with Crippen LogP contribution in [0.2, 0.25) is 0 Å². The van der Waals surface area contributed by atoms with Crippen LogP contribution in [-0.4, -0.2) is 35.6 Å². The van der Waals surface area contributed by atoms with Crippen LogP contribution in [0.4, 0.5) is 5.95 Å². The van der Waals surface area contributed by atoms with E-state index in [0.29, 0.717) is 22.8 Å². The number of nitrogens with zero attached hydrogens (tertiary/aromatic N) is 2. The Kier molecular flexibility index (Phi) is 5.84. The fraction of sp³-hybridized carbons (Fsp3) is 0.545. The molecule has 1 unspecified atom stereocenters. The van der Waals surface area contributed by atoms with E-state index in [4.69, 9.17) is 4.74 Å². The van der Waals surface area contributed by atoms with Gasteiger partial charge >= 0.3 is 0 Å². The molecule has 1 heterocycles. The third-order valence-electron chi connectivity index (χ3n) is 2.19. The first-order chi connectivity index (χ1) is 8.58. The van der Waals surface area contributed by atoms with Crippen molar-refractivity contribution in [1.82, 2.24) is 15.3 Å². The van der Waals surface area contributed by atoms with Gasteiger partial charge in [0.25, 0.3) is 0 Å². The maximum absolute atomic E-state index is 11.7. The Morgan fingerprint density at radius 1 is 1.61 bits per heavy atom. The monoisotopic (exact) mass is 316 g/mol. The van der Waals surface area contributed by atoms with Crippen molar-refractivity contribution in [2.75, 3.05) is 19.0 Å². The van der Waals surface area contributed by atoms with Gasteiger partial charge in [0.1, 0.15) is 6.04 Å². The van der Waals surface area contributed by atoms with Crippen molar-refractivity contribution in [1.29, 1.82) is 0 Å². The largest absolute Gasteiger partial charge is 0.480 e. The molecule has 18 heavy (non-hydrogen) atoms. The number of carbonyl (C=O) groups is 1. The molecule has 1 aromatic heterocycles. The summed E-state index contributed by atoms with van der Waals surface area (Å²) in [4.78, 5) is 19.8. The molecule has 6 nitrogen and oxygen atoms in total. The molecule has 0 spiro atoms. The summed E-state index contributed by atoms with van der Waals surface area (Å²) < 4.78 is 5.72. The normalized spacial score (nSPS) is 11.8. The fourth-order valence-corrected chi connectivity index (χ4v) is 1.58. The number of aromatic nitrogens is 2. The summed E-state index contributed by atoms with van der Waals surface area (Å²) in [5.74, 6) is 0.699. The van der Waals surface area contributed by atoms with Gasteiger partial charge < -0.3 is 15.4 Å². The molecule has 0 bridgehead atoms. The molecule has 0 aliphatic heterocycles. The van der Waals surface area contributed by atoms with Gasteiger partial charge in [0.05, 0.1) is 17.8 Å². The van der Waals surface area contributed by atoms with Crippen LogP contribution < -0.4 is 15.4 Å². The number of amides is 1. The Labute approximate surface area is 115 Å². The van der Waals surface area contributed by atoms with Crippen LogP contribution in [-0.2, 0) is 4.79 Å². The fourth-order valence-electron chi connectivity index (χ4n) is 1.22. The van der Waals surface area contributed by atoms with Crippen LogP contribution in [0.25, 0.3) is 0 Å². The lowest BCUT2D eigenvalue weighted by Gasteiger charge is -2.14. The summed E-state index contributed by atoms with van der Waals surface area (Å²) >= 11 is 3.26. The zero-order chi connectivity index (χ0) is 13.5. The van der Waals surface area contributed by atoms with Crippen molar-refractivity contribution >= 4 is 27.8 Å². The van der Waals surface area contributed by atoms with Gasteiger partial charge in [-0.25, -0.2) is 4.98 Å². The van der Waals surface area contributed by atoms with Crippen LogP contribution in [0.5, 0.6) is 5.88 Å². The van der Waals surface area contributed by atoms with Gasteiger partial charge in [0.2, 0.25) is 17.7 Å². The lowest BCUT2D eigenvalue weighted by atomic mass is 10.3. The second kappa shape index (κ2) is 7.15. The molecule has 0 saturated carbocycles. The summed E-state index contributed by atoms with van der Waals surface area (Å²) in [7, 11) is 1.52. The van der Waals surface area contributed by atoms with Crippen molar-refractivity contribution < 1.29 is 9.53 Å². The highest BCUT2D eigenvalue weighted by atomic mass is 79.9. The Balaban J connectivity index is 2.64.